The maximum Gasteiger partial charge on any atom is 0.280 e. The molecule has 4 aromatic rings. The van der Waals surface area contributed by atoms with Gasteiger partial charge in [0.2, 0.25) is 0 Å². The molecule has 1 unspecified atom stereocenters. The highest BCUT2D eigenvalue weighted by Crippen LogP contribution is 2.31. The van der Waals surface area contributed by atoms with Crippen LogP contribution >= 0.6 is 0 Å². The lowest BCUT2D eigenvalue weighted by atomic mass is 10.1. The van der Waals surface area contributed by atoms with Crippen molar-refractivity contribution in [2.75, 3.05) is 6.61 Å². The number of phenolic OH excluding ortho intramolecular Hbond substituents is 1. The molecule has 3 aromatic carbocycles. The summed E-state index contributed by atoms with van der Waals surface area (Å²) in [6.07, 6.45) is 1.83. The van der Waals surface area contributed by atoms with Gasteiger partial charge in [-0.2, -0.15) is 5.06 Å². The summed E-state index contributed by atoms with van der Waals surface area (Å²) in [5, 5.41) is 21.4. The molecule has 1 aromatic heterocycles. The molecule has 1 aliphatic heterocycles. The molecular formula is C27H25N3O4. The van der Waals surface area contributed by atoms with Gasteiger partial charge < -0.3 is 14.8 Å². The largest absolute Gasteiger partial charge is 0.508 e. The van der Waals surface area contributed by atoms with E-state index in [1.54, 1.807) is 42.7 Å². The van der Waals surface area contributed by atoms with Gasteiger partial charge in [0, 0.05) is 36.2 Å². The number of aromatic hydroxyl groups is 1. The number of amides is 1. The fourth-order valence-corrected chi connectivity index (χ4v) is 4.30. The number of carbonyl (C=O) groups excluding carboxylic acids is 1. The maximum absolute atomic E-state index is 12.6. The minimum absolute atomic E-state index is 0.199. The van der Waals surface area contributed by atoms with Crippen molar-refractivity contribution in [3.8, 4) is 5.75 Å². The molecule has 5 rings (SSSR count). The summed E-state index contributed by atoms with van der Waals surface area (Å²) in [6.45, 7) is 0.743. The van der Waals surface area contributed by atoms with Crippen molar-refractivity contribution in [2.24, 2.45) is 0 Å². The molecule has 0 spiro atoms. The molecule has 2 heterocycles. The molecule has 34 heavy (non-hydrogen) atoms. The first-order valence-corrected chi connectivity index (χ1v) is 11.2. The highest BCUT2D eigenvalue weighted by atomic mass is 16.7. The molecule has 7 heteroatoms. The second-order valence-corrected chi connectivity index (χ2v) is 8.27. The molecule has 1 amide bonds. The number of nitrogens with zero attached hydrogens (tertiary/aromatic N) is 3. The summed E-state index contributed by atoms with van der Waals surface area (Å²) in [4.78, 5) is 23.1. The van der Waals surface area contributed by atoms with Crippen LogP contribution in [0.5, 0.6) is 5.75 Å². The van der Waals surface area contributed by atoms with Gasteiger partial charge in [0.1, 0.15) is 5.75 Å². The van der Waals surface area contributed by atoms with Crippen LogP contribution in [-0.2, 0) is 24.2 Å². The Morgan fingerprint density at radius 3 is 2.50 bits per heavy atom. The molecule has 0 fully saturated rings. The second-order valence-electron chi connectivity index (χ2n) is 8.27. The van der Waals surface area contributed by atoms with Crippen molar-refractivity contribution in [3.05, 3.63) is 119 Å². The van der Waals surface area contributed by atoms with Crippen molar-refractivity contribution < 1.29 is 19.8 Å². The zero-order valence-electron chi connectivity index (χ0n) is 18.5. The van der Waals surface area contributed by atoms with E-state index in [-0.39, 0.29) is 18.3 Å². The van der Waals surface area contributed by atoms with E-state index < -0.39 is 6.23 Å². The third-order valence-electron chi connectivity index (χ3n) is 5.97. The van der Waals surface area contributed by atoms with E-state index >= 15 is 0 Å². The fourth-order valence-electron chi connectivity index (χ4n) is 4.30. The Morgan fingerprint density at radius 1 is 0.941 bits per heavy atom. The average Bonchev–Trinajstić information content (AvgIpc) is 3.33. The van der Waals surface area contributed by atoms with Gasteiger partial charge in [-0.3, -0.25) is 9.63 Å². The normalized spacial score (nSPS) is 15.0. The Morgan fingerprint density at radius 2 is 1.71 bits per heavy atom. The second kappa shape index (κ2) is 9.51. The number of aromatic nitrogens is 2. The minimum Gasteiger partial charge on any atom is -0.508 e. The number of rotatable bonds is 8. The first-order chi connectivity index (χ1) is 16.6. The topological polar surface area (TPSA) is 87.8 Å². The summed E-state index contributed by atoms with van der Waals surface area (Å²) < 4.78 is 2.04. The number of fused-ring (bicyclic) bond motifs is 1. The Bertz CT molecular complexity index is 1300. The van der Waals surface area contributed by atoms with Crippen LogP contribution in [0.2, 0.25) is 0 Å². The van der Waals surface area contributed by atoms with Gasteiger partial charge in [-0.1, -0.05) is 60.7 Å². The van der Waals surface area contributed by atoms with Gasteiger partial charge in [-0.05, 0) is 29.3 Å². The Balaban J connectivity index is 1.34. The number of hydroxylamine groups is 2. The van der Waals surface area contributed by atoms with E-state index in [9.17, 15) is 15.0 Å². The molecule has 7 nitrogen and oxygen atoms in total. The minimum atomic E-state index is -1.12. The van der Waals surface area contributed by atoms with Crippen LogP contribution in [0.1, 0.15) is 44.7 Å². The van der Waals surface area contributed by atoms with Gasteiger partial charge in [-0.15, -0.1) is 0 Å². The Kier molecular flexibility index (Phi) is 6.12. The van der Waals surface area contributed by atoms with Crippen molar-refractivity contribution in [2.45, 2.75) is 25.6 Å². The lowest BCUT2D eigenvalue weighted by Crippen LogP contribution is -2.29. The Hall–Kier alpha value is -3.94. The molecular weight excluding hydrogens is 430 g/mol. The number of hydrogen-bond donors (Lipinski definition) is 2. The van der Waals surface area contributed by atoms with Crippen molar-refractivity contribution in [3.63, 3.8) is 0 Å². The molecule has 0 aliphatic carbocycles. The van der Waals surface area contributed by atoms with E-state index in [4.69, 9.17) is 4.84 Å². The third kappa shape index (κ3) is 4.44. The molecule has 1 aliphatic rings. The van der Waals surface area contributed by atoms with Crippen LogP contribution in [0.3, 0.4) is 0 Å². The molecule has 0 bridgehead atoms. The van der Waals surface area contributed by atoms with Crippen molar-refractivity contribution >= 4 is 5.91 Å². The van der Waals surface area contributed by atoms with Gasteiger partial charge >= 0.3 is 0 Å². The van der Waals surface area contributed by atoms with E-state index in [1.807, 2.05) is 34.9 Å². The van der Waals surface area contributed by atoms with Crippen LogP contribution in [0.15, 0.2) is 85.2 Å². The lowest BCUT2D eigenvalue weighted by molar-refractivity contribution is -0.198. The number of hydrogen-bond acceptors (Lipinski definition) is 5. The van der Waals surface area contributed by atoms with Crippen LogP contribution in [-0.4, -0.2) is 37.3 Å². The summed E-state index contributed by atoms with van der Waals surface area (Å²) in [5.41, 5.74) is 5.00. The highest BCUT2D eigenvalue weighted by molar-refractivity contribution is 5.98. The van der Waals surface area contributed by atoms with E-state index in [2.05, 4.69) is 17.1 Å². The standard InChI is InChI=1S/C27H25N3O4/c31-21-10-6-9-20(15-21)17-29-18-28-24(16-19-7-2-1-3-8-19)25(29)13-14-34-30-26(32)22-11-4-5-12-23(22)27(30)33/h1-12,15,18,26,31-32H,13-14,16-17H2. The summed E-state index contributed by atoms with van der Waals surface area (Å²) in [7, 11) is 0. The van der Waals surface area contributed by atoms with E-state index in [0.717, 1.165) is 27.6 Å². The van der Waals surface area contributed by atoms with Crippen molar-refractivity contribution in [1.29, 1.82) is 0 Å². The molecule has 1 atom stereocenters. The van der Waals surface area contributed by atoms with Crippen LogP contribution < -0.4 is 0 Å². The number of aliphatic hydroxyl groups excluding tert-OH is 1. The van der Waals surface area contributed by atoms with E-state index in [1.165, 1.54) is 0 Å². The first-order valence-electron chi connectivity index (χ1n) is 11.2. The molecule has 172 valence electrons. The van der Waals surface area contributed by atoms with E-state index in [0.29, 0.717) is 30.5 Å². The Labute approximate surface area is 197 Å². The predicted octanol–water partition coefficient (Wildman–Crippen LogP) is 3.85. The zero-order chi connectivity index (χ0) is 23.5. The summed E-state index contributed by atoms with van der Waals surface area (Å²) >= 11 is 0. The van der Waals surface area contributed by atoms with Gasteiger partial charge in [0.15, 0.2) is 6.23 Å². The summed E-state index contributed by atoms with van der Waals surface area (Å²) in [5.74, 6) is -0.131. The quantitative estimate of drug-likeness (QED) is 0.421. The first kappa shape index (κ1) is 21.9. The summed E-state index contributed by atoms with van der Waals surface area (Å²) in [6, 6.07) is 24.2. The van der Waals surface area contributed by atoms with Crippen molar-refractivity contribution in [1.82, 2.24) is 14.6 Å². The number of phenols is 1. The SMILES string of the molecule is O=C1c2ccccc2C(O)N1OCCc1c(Cc2ccccc2)ncn1Cc1cccc(O)c1. The van der Waals surface area contributed by atoms with Gasteiger partial charge in [-0.25, -0.2) is 4.98 Å². The van der Waals surface area contributed by atoms with Gasteiger partial charge in [0.25, 0.3) is 5.91 Å². The molecule has 0 radical (unpaired) electrons. The van der Waals surface area contributed by atoms with Crippen LogP contribution in [0, 0.1) is 0 Å². The van der Waals surface area contributed by atoms with Crippen LogP contribution in [0.25, 0.3) is 0 Å². The highest BCUT2D eigenvalue weighted by Gasteiger charge is 2.36. The lowest BCUT2D eigenvalue weighted by Gasteiger charge is -2.20. The zero-order valence-corrected chi connectivity index (χ0v) is 18.5. The predicted molar refractivity (Wildman–Crippen MR) is 126 cm³/mol. The fraction of sp³-hybridized carbons (Fsp3) is 0.185. The number of benzene rings is 3. The molecule has 2 N–H and O–H groups in total. The smallest absolute Gasteiger partial charge is 0.280 e. The third-order valence-corrected chi connectivity index (χ3v) is 5.97. The van der Waals surface area contributed by atoms with Gasteiger partial charge in [0.05, 0.1) is 18.6 Å². The monoisotopic (exact) mass is 455 g/mol. The average molecular weight is 456 g/mol. The van der Waals surface area contributed by atoms with Crippen LogP contribution in [0.4, 0.5) is 0 Å². The molecule has 0 saturated carbocycles. The molecule has 0 saturated heterocycles. The number of imidazole rings is 1. The number of aliphatic hydroxyl groups is 1. The number of carbonyl (C=O) groups is 1. The maximum atomic E-state index is 12.6.